The lowest BCUT2D eigenvalue weighted by atomic mass is 9.79. The first-order valence-electron chi connectivity index (χ1n) is 6.93. The number of hydrogen-bond acceptors (Lipinski definition) is 3. The fourth-order valence-corrected chi connectivity index (χ4v) is 2.22. The Kier molecular flexibility index (Phi) is 4.59. The molecule has 1 aliphatic rings. The SMILES string of the molecule is CC1(C)C(=O)OC1CCCCOCc1ccccc1. The van der Waals surface area contributed by atoms with Gasteiger partial charge in [-0.15, -0.1) is 0 Å². The van der Waals surface area contributed by atoms with Crippen LogP contribution in [-0.4, -0.2) is 18.7 Å². The van der Waals surface area contributed by atoms with Crippen LogP contribution in [0.1, 0.15) is 38.7 Å². The highest BCUT2D eigenvalue weighted by atomic mass is 16.6. The third-order valence-electron chi connectivity index (χ3n) is 3.70. The predicted molar refractivity (Wildman–Crippen MR) is 73.6 cm³/mol. The van der Waals surface area contributed by atoms with Crippen LogP contribution in [0.25, 0.3) is 0 Å². The van der Waals surface area contributed by atoms with Crippen molar-refractivity contribution >= 4 is 5.97 Å². The van der Waals surface area contributed by atoms with Crippen LogP contribution >= 0.6 is 0 Å². The molecule has 1 aliphatic heterocycles. The zero-order chi connectivity index (χ0) is 13.7. The van der Waals surface area contributed by atoms with Crippen LogP contribution in [0.4, 0.5) is 0 Å². The van der Waals surface area contributed by atoms with Gasteiger partial charge < -0.3 is 9.47 Å². The molecule has 0 radical (unpaired) electrons. The lowest BCUT2D eigenvalue weighted by Gasteiger charge is -2.41. The van der Waals surface area contributed by atoms with Crippen molar-refractivity contribution < 1.29 is 14.3 Å². The normalized spacial score (nSPS) is 20.7. The molecule has 0 N–H and O–H groups in total. The third-order valence-corrected chi connectivity index (χ3v) is 3.70. The molecule has 1 aromatic rings. The number of esters is 1. The molecule has 2 rings (SSSR count). The first-order valence-corrected chi connectivity index (χ1v) is 6.93. The molecule has 1 unspecified atom stereocenters. The van der Waals surface area contributed by atoms with E-state index in [-0.39, 0.29) is 17.5 Å². The second kappa shape index (κ2) is 6.20. The molecule has 3 nitrogen and oxygen atoms in total. The highest BCUT2D eigenvalue weighted by Crippen LogP contribution is 2.38. The molecule has 19 heavy (non-hydrogen) atoms. The minimum Gasteiger partial charge on any atom is -0.461 e. The van der Waals surface area contributed by atoms with E-state index >= 15 is 0 Å². The maximum absolute atomic E-state index is 11.2. The maximum Gasteiger partial charge on any atom is 0.315 e. The summed E-state index contributed by atoms with van der Waals surface area (Å²) in [6, 6.07) is 10.2. The Bertz CT molecular complexity index is 411. The zero-order valence-electron chi connectivity index (χ0n) is 11.7. The number of ether oxygens (including phenoxy) is 2. The molecule has 1 heterocycles. The minimum absolute atomic E-state index is 0.0715. The Morgan fingerprint density at radius 2 is 1.95 bits per heavy atom. The Morgan fingerprint density at radius 3 is 2.58 bits per heavy atom. The summed E-state index contributed by atoms with van der Waals surface area (Å²) in [6.45, 7) is 5.34. The highest BCUT2D eigenvalue weighted by molar-refractivity contribution is 5.82. The van der Waals surface area contributed by atoms with Gasteiger partial charge in [0, 0.05) is 6.61 Å². The molecule has 3 heteroatoms. The summed E-state index contributed by atoms with van der Waals surface area (Å²) >= 11 is 0. The van der Waals surface area contributed by atoms with Crippen LogP contribution in [0.2, 0.25) is 0 Å². The molecule has 0 spiro atoms. The summed E-state index contributed by atoms with van der Waals surface area (Å²) in [5, 5.41) is 0. The maximum atomic E-state index is 11.2. The number of hydrogen-bond donors (Lipinski definition) is 0. The molecule has 104 valence electrons. The van der Waals surface area contributed by atoms with Crippen LogP contribution in [0.5, 0.6) is 0 Å². The predicted octanol–water partition coefficient (Wildman–Crippen LogP) is 3.33. The summed E-state index contributed by atoms with van der Waals surface area (Å²) in [5.41, 5.74) is 0.918. The van der Waals surface area contributed by atoms with Crippen molar-refractivity contribution in [2.75, 3.05) is 6.61 Å². The topological polar surface area (TPSA) is 35.5 Å². The third kappa shape index (κ3) is 3.57. The monoisotopic (exact) mass is 262 g/mol. The standard InChI is InChI=1S/C16H22O3/c1-16(2)14(19-15(16)17)10-6-7-11-18-12-13-8-4-3-5-9-13/h3-5,8-9,14H,6-7,10-12H2,1-2H3. The summed E-state index contributed by atoms with van der Waals surface area (Å²) in [7, 11) is 0. The average Bonchev–Trinajstić information content (AvgIpc) is 2.42. The number of carbonyl (C=O) groups excluding carboxylic acids is 1. The van der Waals surface area contributed by atoms with Gasteiger partial charge in [-0.25, -0.2) is 0 Å². The van der Waals surface area contributed by atoms with Gasteiger partial charge in [-0.2, -0.15) is 0 Å². The Morgan fingerprint density at radius 1 is 1.21 bits per heavy atom. The molecule has 0 amide bonds. The molecule has 0 bridgehead atoms. The fraction of sp³-hybridized carbons (Fsp3) is 0.562. The molecule has 1 aromatic carbocycles. The van der Waals surface area contributed by atoms with Crippen LogP contribution in [0.15, 0.2) is 30.3 Å². The number of benzene rings is 1. The van der Waals surface area contributed by atoms with Gasteiger partial charge in [-0.3, -0.25) is 4.79 Å². The second-order valence-electron chi connectivity index (χ2n) is 5.65. The summed E-state index contributed by atoms with van der Waals surface area (Å²) in [6.07, 6.45) is 3.08. The van der Waals surface area contributed by atoms with Gasteiger partial charge in [-0.1, -0.05) is 30.3 Å². The second-order valence-corrected chi connectivity index (χ2v) is 5.65. The van der Waals surface area contributed by atoms with Gasteiger partial charge in [0.05, 0.1) is 12.0 Å². The first kappa shape index (κ1) is 14.1. The number of rotatable bonds is 7. The van der Waals surface area contributed by atoms with Crippen LogP contribution < -0.4 is 0 Å². The first-order chi connectivity index (χ1) is 9.10. The summed E-state index contributed by atoms with van der Waals surface area (Å²) in [4.78, 5) is 11.2. The van der Waals surface area contributed by atoms with Crippen LogP contribution in [0.3, 0.4) is 0 Å². The number of carbonyl (C=O) groups is 1. The highest BCUT2D eigenvalue weighted by Gasteiger charge is 2.49. The van der Waals surface area contributed by atoms with Gasteiger partial charge in [0.15, 0.2) is 0 Å². The van der Waals surface area contributed by atoms with E-state index in [0.29, 0.717) is 6.61 Å². The van der Waals surface area contributed by atoms with Crippen LogP contribution in [0, 0.1) is 5.41 Å². The van der Waals surface area contributed by atoms with Crippen molar-refractivity contribution in [3.05, 3.63) is 35.9 Å². The van der Waals surface area contributed by atoms with Crippen molar-refractivity contribution in [2.24, 2.45) is 5.41 Å². The molecule has 1 atom stereocenters. The minimum atomic E-state index is -0.287. The van der Waals surface area contributed by atoms with Crippen molar-refractivity contribution in [3.8, 4) is 0 Å². The lowest BCUT2D eigenvalue weighted by Crippen LogP contribution is -2.52. The Balaban J connectivity index is 1.53. The van der Waals surface area contributed by atoms with E-state index in [9.17, 15) is 4.79 Å². The smallest absolute Gasteiger partial charge is 0.315 e. The lowest BCUT2D eigenvalue weighted by molar-refractivity contribution is -0.201. The molecule has 1 fully saturated rings. The summed E-state index contributed by atoms with van der Waals surface area (Å²) < 4.78 is 10.8. The fourth-order valence-electron chi connectivity index (χ4n) is 2.22. The van der Waals surface area contributed by atoms with Crippen molar-refractivity contribution in [1.82, 2.24) is 0 Å². The quantitative estimate of drug-likeness (QED) is 0.558. The van der Waals surface area contributed by atoms with E-state index in [2.05, 4.69) is 12.1 Å². The molecule has 0 aliphatic carbocycles. The van der Waals surface area contributed by atoms with Gasteiger partial charge in [-0.05, 0) is 38.7 Å². The van der Waals surface area contributed by atoms with E-state index in [4.69, 9.17) is 9.47 Å². The van der Waals surface area contributed by atoms with Crippen LogP contribution in [-0.2, 0) is 20.9 Å². The van der Waals surface area contributed by atoms with Gasteiger partial charge >= 0.3 is 5.97 Å². The van der Waals surface area contributed by atoms with Crippen molar-refractivity contribution in [2.45, 2.75) is 45.8 Å². The molecule has 0 saturated carbocycles. The number of unbranched alkanes of at least 4 members (excludes halogenated alkanes) is 1. The van der Waals surface area contributed by atoms with E-state index in [1.54, 1.807) is 0 Å². The molecular formula is C16H22O3. The van der Waals surface area contributed by atoms with Crippen molar-refractivity contribution in [3.63, 3.8) is 0 Å². The number of cyclic esters (lactones) is 1. The molecule has 1 saturated heterocycles. The van der Waals surface area contributed by atoms with E-state index in [0.717, 1.165) is 25.9 Å². The molecular weight excluding hydrogens is 240 g/mol. The Hall–Kier alpha value is -1.35. The van der Waals surface area contributed by atoms with E-state index in [1.807, 2.05) is 32.0 Å². The molecule has 0 aromatic heterocycles. The van der Waals surface area contributed by atoms with E-state index < -0.39 is 0 Å². The van der Waals surface area contributed by atoms with Gasteiger partial charge in [0.1, 0.15) is 6.10 Å². The summed E-state index contributed by atoms with van der Waals surface area (Å²) in [5.74, 6) is -0.0715. The van der Waals surface area contributed by atoms with E-state index in [1.165, 1.54) is 5.56 Å². The average molecular weight is 262 g/mol. The van der Waals surface area contributed by atoms with Gasteiger partial charge in [0.2, 0.25) is 0 Å². The Labute approximate surface area is 114 Å². The zero-order valence-corrected chi connectivity index (χ0v) is 11.7. The van der Waals surface area contributed by atoms with Crippen molar-refractivity contribution in [1.29, 1.82) is 0 Å². The van der Waals surface area contributed by atoms with Gasteiger partial charge in [0.25, 0.3) is 0 Å². The largest absolute Gasteiger partial charge is 0.461 e.